The summed E-state index contributed by atoms with van der Waals surface area (Å²) in [4.78, 5) is 10.5. The van der Waals surface area contributed by atoms with Gasteiger partial charge in [-0.15, -0.1) is 0 Å². The molecule has 0 saturated carbocycles. The lowest BCUT2D eigenvalue weighted by Gasteiger charge is -2.19. The zero-order valence-electron chi connectivity index (χ0n) is 20.2. The van der Waals surface area contributed by atoms with E-state index < -0.39 is 17.0 Å². The molecule has 0 atom stereocenters. The summed E-state index contributed by atoms with van der Waals surface area (Å²) in [6.07, 6.45) is 1.57. The number of rotatable bonds is 5. The second-order valence-electron chi connectivity index (χ2n) is 7.15. The number of anilines is 4. The fourth-order valence-corrected chi connectivity index (χ4v) is 4.06. The SMILES string of the molecule is [2H]C([2H])([2H])n1nc2cc(N(C)c3ccnc(Nc4ccc(C)c(S(N)(=O)=O)c4)n3)ccc2c1C. The van der Waals surface area contributed by atoms with Gasteiger partial charge in [0.25, 0.3) is 0 Å². The number of nitrogens with one attached hydrogen (secondary N) is 1. The first-order valence-corrected chi connectivity index (χ1v) is 10.9. The zero-order valence-corrected chi connectivity index (χ0v) is 18.0. The van der Waals surface area contributed by atoms with Gasteiger partial charge in [-0.2, -0.15) is 10.1 Å². The second-order valence-corrected chi connectivity index (χ2v) is 8.68. The minimum absolute atomic E-state index is 0.0193. The molecule has 2 aromatic carbocycles. The van der Waals surface area contributed by atoms with E-state index in [0.29, 0.717) is 28.3 Å². The number of nitrogens with two attached hydrogens (primary N) is 1. The van der Waals surface area contributed by atoms with Crippen LogP contribution in [-0.4, -0.2) is 35.2 Å². The summed E-state index contributed by atoms with van der Waals surface area (Å²) in [5.74, 6) is 0.819. The highest BCUT2D eigenvalue weighted by Gasteiger charge is 2.14. The number of primary sulfonamides is 1. The molecule has 4 aromatic rings. The molecule has 31 heavy (non-hydrogen) atoms. The quantitative estimate of drug-likeness (QED) is 0.489. The Bertz CT molecular complexity index is 1500. The number of benzene rings is 2. The van der Waals surface area contributed by atoms with E-state index in [2.05, 4.69) is 20.4 Å². The highest BCUT2D eigenvalue weighted by Crippen LogP contribution is 2.28. The average molecular weight is 441 g/mol. The predicted molar refractivity (Wildman–Crippen MR) is 121 cm³/mol. The normalized spacial score (nSPS) is 13.5. The van der Waals surface area contributed by atoms with E-state index in [1.54, 1.807) is 49.2 Å². The van der Waals surface area contributed by atoms with Crippen molar-refractivity contribution in [3.05, 3.63) is 59.9 Å². The van der Waals surface area contributed by atoms with Gasteiger partial charge >= 0.3 is 0 Å². The first-order valence-electron chi connectivity index (χ1n) is 10.8. The van der Waals surface area contributed by atoms with E-state index in [9.17, 15) is 8.42 Å². The van der Waals surface area contributed by atoms with Crippen LogP contribution in [0.1, 0.15) is 15.4 Å². The number of aromatic nitrogens is 4. The molecule has 0 spiro atoms. The minimum atomic E-state index is -3.87. The van der Waals surface area contributed by atoms with Crippen LogP contribution < -0.4 is 15.4 Å². The van der Waals surface area contributed by atoms with Gasteiger partial charge in [-0.05, 0) is 55.8 Å². The van der Waals surface area contributed by atoms with E-state index in [1.165, 1.54) is 6.07 Å². The molecule has 0 aliphatic carbocycles. The van der Waals surface area contributed by atoms with Crippen LogP contribution in [0, 0.1) is 13.8 Å². The molecule has 0 unspecified atom stereocenters. The van der Waals surface area contributed by atoms with Gasteiger partial charge in [0.05, 0.1) is 10.4 Å². The summed E-state index contributed by atoms with van der Waals surface area (Å²) < 4.78 is 47.6. The van der Waals surface area contributed by atoms with Crippen molar-refractivity contribution < 1.29 is 12.5 Å². The molecule has 10 heteroatoms. The molecule has 2 aromatic heterocycles. The fourth-order valence-electron chi connectivity index (χ4n) is 3.26. The van der Waals surface area contributed by atoms with Gasteiger partial charge in [-0.25, -0.2) is 18.5 Å². The van der Waals surface area contributed by atoms with Crippen LogP contribution in [0.25, 0.3) is 10.9 Å². The van der Waals surface area contributed by atoms with Crippen LogP contribution in [0.2, 0.25) is 0 Å². The van der Waals surface area contributed by atoms with Gasteiger partial charge < -0.3 is 10.2 Å². The van der Waals surface area contributed by atoms with Crippen molar-refractivity contribution in [2.24, 2.45) is 12.1 Å². The van der Waals surface area contributed by atoms with Crippen LogP contribution in [0.15, 0.2) is 53.6 Å². The fraction of sp³-hybridized carbons (Fsp3) is 0.190. The Labute approximate surface area is 184 Å². The molecule has 4 rings (SSSR count). The van der Waals surface area contributed by atoms with Crippen molar-refractivity contribution in [2.45, 2.75) is 18.7 Å². The van der Waals surface area contributed by atoms with Crippen molar-refractivity contribution in [3.8, 4) is 0 Å². The lowest BCUT2D eigenvalue weighted by Crippen LogP contribution is -2.14. The number of sulfonamides is 1. The van der Waals surface area contributed by atoms with Crippen LogP contribution in [-0.2, 0) is 17.0 Å². The lowest BCUT2D eigenvalue weighted by molar-refractivity contribution is 0.597. The standard InChI is InChI=1S/C21H23N7O2S/c1-13-5-6-15(11-19(13)31(22,29)30)24-21-23-10-9-20(25-21)27(3)16-7-8-17-14(2)28(4)26-18(17)12-16/h5-12H,1-4H3,(H2,22,29,30)(H,23,24,25)/i4D3. The van der Waals surface area contributed by atoms with Crippen molar-refractivity contribution in [2.75, 3.05) is 17.3 Å². The smallest absolute Gasteiger partial charge is 0.238 e. The third-order valence-electron chi connectivity index (χ3n) is 5.02. The van der Waals surface area contributed by atoms with Gasteiger partial charge in [0.15, 0.2) is 0 Å². The zero-order chi connectivity index (χ0) is 24.8. The Hall–Kier alpha value is -3.50. The molecule has 160 valence electrons. The first kappa shape index (κ1) is 17.2. The van der Waals surface area contributed by atoms with Crippen LogP contribution in [0.4, 0.5) is 23.1 Å². The van der Waals surface area contributed by atoms with Crippen molar-refractivity contribution in [3.63, 3.8) is 0 Å². The number of aryl methyl sites for hydroxylation is 3. The van der Waals surface area contributed by atoms with Gasteiger partial charge in [0.2, 0.25) is 16.0 Å². The molecular weight excluding hydrogens is 414 g/mol. The van der Waals surface area contributed by atoms with Crippen molar-refractivity contribution in [1.29, 1.82) is 0 Å². The molecule has 0 aliphatic rings. The molecular formula is C21H23N7O2S. The van der Waals surface area contributed by atoms with E-state index in [-0.39, 0.29) is 10.8 Å². The molecule has 9 nitrogen and oxygen atoms in total. The average Bonchev–Trinajstić information content (AvgIpc) is 3.10. The summed E-state index contributed by atoms with van der Waals surface area (Å²) in [7, 11) is -2.06. The van der Waals surface area contributed by atoms with E-state index >= 15 is 0 Å². The Balaban J connectivity index is 1.64. The van der Waals surface area contributed by atoms with Gasteiger partial charge in [-0.1, -0.05) is 6.07 Å². The topological polar surface area (TPSA) is 119 Å². The van der Waals surface area contributed by atoms with Crippen molar-refractivity contribution >= 4 is 44.1 Å². The summed E-state index contributed by atoms with van der Waals surface area (Å²) >= 11 is 0. The van der Waals surface area contributed by atoms with Crippen LogP contribution >= 0.6 is 0 Å². The van der Waals surface area contributed by atoms with Gasteiger partial charge in [0.1, 0.15) is 5.82 Å². The maximum Gasteiger partial charge on any atom is 0.238 e. The Morgan fingerprint density at radius 2 is 1.97 bits per heavy atom. The largest absolute Gasteiger partial charge is 0.329 e. The number of nitrogens with zero attached hydrogens (tertiary/aromatic N) is 5. The second kappa shape index (κ2) is 7.64. The monoisotopic (exact) mass is 440 g/mol. The summed E-state index contributed by atoms with van der Waals surface area (Å²) in [6.45, 7) is 1.02. The highest BCUT2D eigenvalue weighted by molar-refractivity contribution is 7.89. The van der Waals surface area contributed by atoms with E-state index in [0.717, 1.165) is 15.8 Å². The van der Waals surface area contributed by atoms with Crippen LogP contribution in [0.3, 0.4) is 0 Å². The third-order valence-corrected chi connectivity index (χ3v) is 6.07. The van der Waals surface area contributed by atoms with Gasteiger partial charge in [0, 0.05) is 46.8 Å². The van der Waals surface area contributed by atoms with Crippen LogP contribution in [0.5, 0.6) is 0 Å². The molecule has 2 heterocycles. The van der Waals surface area contributed by atoms with Gasteiger partial charge in [-0.3, -0.25) is 4.68 Å². The van der Waals surface area contributed by atoms with E-state index in [1.807, 2.05) is 19.2 Å². The maximum atomic E-state index is 11.8. The van der Waals surface area contributed by atoms with Crippen molar-refractivity contribution in [1.82, 2.24) is 19.7 Å². The minimum Gasteiger partial charge on any atom is -0.329 e. The Kier molecular flexibility index (Phi) is 4.24. The summed E-state index contributed by atoms with van der Waals surface area (Å²) in [6, 6.07) is 12.0. The Morgan fingerprint density at radius 3 is 2.71 bits per heavy atom. The molecule has 0 saturated heterocycles. The summed E-state index contributed by atoms with van der Waals surface area (Å²) in [5.41, 5.74) is 2.88. The number of hydrogen-bond acceptors (Lipinski definition) is 7. The molecule has 0 fully saturated rings. The van der Waals surface area contributed by atoms with E-state index in [4.69, 9.17) is 9.25 Å². The molecule has 0 amide bonds. The molecule has 0 bridgehead atoms. The number of fused-ring (bicyclic) bond motifs is 1. The first-order chi connectivity index (χ1) is 15.8. The highest BCUT2D eigenvalue weighted by atomic mass is 32.2. The predicted octanol–water partition coefficient (Wildman–Crippen LogP) is 3.14. The summed E-state index contributed by atoms with van der Waals surface area (Å²) in [5, 5.41) is 13.3. The third kappa shape index (κ3) is 4.07. The molecule has 0 radical (unpaired) electrons. The lowest BCUT2D eigenvalue weighted by atomic mass is 10.2. The molecule has 3 N–H and O–H groups in total. The number of hydrogen-bond donors (Lipinski definition) is 2. The molecule has 0 aliphatic heterocycles. The maximum absolute atomic E-state index is 11.8. The Morgan fingerprint density at radius 1 is 1.16 bits per heavy atom.